The van der Waals surface area contributed by atoms with Crippen LogP contribution in [0.4, 0.5) is 5.82 Å². The molecule has 0 amide bonds. The number of rotatable bonds is 6. The Morgan fingerprint density at radius 3 is 2.76 bits per heavy atom. The van der Waals surface area contributed by atoms with E-state index in [0.717, 1.165) is 0 Å². The van der Waals surface area contributed by atoms with Crippen LogP contribution in [-0.2, 0) is 22.7 Å². The number of nitrogens with zero attached hydrogens (tertiary/aromatic N) is 4. The van der Waals surface area contributed by atoms with Gasteiger partial charge in [-0.2, -0.15) is 0 Å². The molecule has 3 rings (SSSR count). The Kier molecular flexibility index (Phi) is 5.27. The van der Waals surface area contributed by atoms with Gasteiger partial charge in [0.2, 0.25) is 0 Å². The van der Waals surface area contributed by atoms with Gasteiger partial charge in [-0.3, -0.25) is 4.57 Å². The summed E-state index contributed by atoms with van der Waals surface area (Å²) in [5, 5.41) is 20.3. The monoisotopic (exact) mass is 393 g/mol. The fourth-order valence-electron chi connectivity index (χ4n) is 2.37. The predicted molar refractivity (Wildman–Crippen MR) is 80.1 cm³/mol. The summed E-state index contributed by atoms with van der Waals surface area (Å²) in [5.74, 6) is 0.143. The molecule has 5 N–H and O–H groups in total. The van der Waals surface area contributed by atoms with E-state index in [4.69, 9.17) is 19.9 Å². The summed E-state index contributed by atoms with van der Waals surface area (Å²) in [7, 11) is -5.97. The normalized spacial score (nSPS) is 27.6. The minimum atomic E-state index is -3.09. The minimum absolute atomic E-state index is 0.143. The summed E-state index contributed by atoms with van der Waals surface area (Å²) in [6, 6.07) is 0. The summed E-state index contributed by atoms with van der Waals surface area (Å²) in [6.45, 7) is -0.448. The maximum Gasteiger partial charge on any atom is 0.747 e. The predicted octanol–water partition coefficient (Wildman–Crippen LogP) is -0.632. The van der Waals surface area contributed by atoms with E-state index in [-0.39, 0.29) is 11.5 Å². The molecule has 0 radical (unpaired) electrons. The number of aliphatic hydroxyl groups excluding tert-OH is 2. The van der Waals surface area contributed by atoms with Crippen LogP contribution in [0.1, 0.15) is 6.23 Å². The van der Waals surface area contributed by atoms with E-state index in [1.807, 2.05) is 0 Å². The Hall–Kier alpha value is -1.69. The van der Waals surface area contributed by atoms with Gasteiger partial charge in [0.15, 0.2) is 22.0 Å². The van der Waals surface area contributed by atoms with Crippen molar-refractivity contribution >= 4 is 33.5 Å². The van der Waals surface area contributed by atoms with E-state index in [2.05, 4.69) is 19.3 Å². The van der Waals surface area contributed by atoms with E-state index in [0.29, 0.717) is 5.52 Å². The van der Waals surface area contributed by atoms with Crippen molar-refractivity contribution < 1.29 is 37.8 Å². The smallest absolute Gasteiger partial charge is 0.387 e. The third-order valence-electron chi connectivity index (χ3n) is 3.48. The van der Waals surface area contributed by atoms with Crippen molar-refractivity contribution in [2.24, 2.45) is 0 Å². The van der Waals surface area contributed by atoms with E-state index < -0.39 is 47.7 Å². The molecular weight excluding hydrogens is 380 g/mol. The van der Waals surface area contributed by atoms with Crippen molar-refractivity contribution in [3.8, 4) is 0 Å². The van der Waals surface area contributed by atoms with Crippen molar-refractivity contribution in [3.63, 3.8) is 0 Å². The quantitative estimate of drug-likeness (QED) is 0.455. The van der Waals surface area contributed by atoms with E-state index in [1.54, 1.807) is 0 Å². The molecule has 0 spiro atoms. The van der Waals surface area contributed by atoms with Gasteiger partial charge in [-0.15, -0.1) is 9.42 Å². The van der Waals surface area contributed by atoms with Gasteiger partial charge in [0.25, 0.3) is 0 Å². The molecule has 1 saturated heterocycles. The zero-order chi connectivity index (χ0) is 18.1. The molecule has 6 atom stereocenters. The molecule has 1 fully saturated rings. The largest absolute Gasteiger partial charge is 0.747 e. The van der Waals surface area contributed by atoms with Crippen molar-refractivity contribution in [3.05, 3.63) is 12.7 Å². The van der Waals surface area contributed by atoms with Gasteiger partial charge >= 0.3 is 16.5 Å². The van der Waals surface area contributed by atoms with Crippen molar-refractivity contribution in [1.82, 2.24) is 19.5 Å². The maximum absolute atomic E-state index is 11.2. The van der Waals surface area contributed by atoms with Crippen LogP contribution >= 0.6 is 16.5 Å². The van der Waals surface area contributed by atoms with Crippen LogP contribution in [-0.4, -0.2) is 59.5 Å². The highest BCUT2D eigenvalue weighted by Crippen LogP contribution is 2.38. The average molecular weight is 393 g/mol. The Morgan fingerprint density at radius 1 is 1.28 bits per heavy atom. The number of nitrogen functional groups attached to an aromatic ring is 1. The lowest BCUT2D eigenvalue weighted by molar-refractivity contribution is -0.0475. The number of aliphatic hydroxyl groups is 2. The number of nitrogens with two attached hydrogens (primary N) is 1. The van der Waals surface area contributed by atoms with Crippen LogP contribution < -0.4 is 5.73 Å². The first kappa shape index (κ1) is 18.1. The molecule has 25 heavy (non-hydrogen) atoms. The highest BCUT2D eigenvalue weighted by molar-refractivity contribution is 7.47. The number of imidazole rings is 1. The minimum Gasteiger partial charge on any atom is -0.387 e. The Morgan fingerprint density at radius 2 is 2.04 bits per heavy atom. The molecule has 2 unspecified atom stereocenters. The van der Waals surface area contributed by atoms with Crippen molar-refractivity contribution in [1.29, 1.82) is 0 Å². The third-order valence-corrected chi connectivity index (χ3v) is 4.93. The number of hydrogen-bond donors (Lipinski definition) is 4. The first-order valence-corrected chi connectivity index (χ1v) is 9.00. The average Bonchev–Trinajstić information content (AvgIpc) is 3.09. The second-order valence-electron chi connectivity index (χ2n) is 4.97. The summed E-state index contributed by atoms with van der Waals surface area (Å²) in [4.78, 5) is 20.3. The third kappa shape index (κ3) is 3.64. The summed E-state index contributed by atoms with van der Waals surface area (Å²) in [6.07, 6.45) is -2.35. The van der Waals surface area contributed by atoms with Crippen LogP contribution in [0.25, 0.3) is 11.2 Å². The fourth-order valence-corrected chi connectivity index (χ4v) is 3.28. The molecular formula is C10H13N5O8P2+2. The number of aromatic nitrogens is 4. The van der Waals surface area contributed by atoms with Gasteiger partial charge < -0.3 is 20.7 Å². The first-order chi connectivity index (χ1) is 11.9. The molecule has 3 heterocycles. The number of hydrogen-bond acceptors (Lipinski definition) is 11. The van der Waals surface area contributed by atoms with Gasteiger partial charge in [0.1, 0.15) is 36.8 Å². The van der Waals surface area contributed by atoms with Crippen LogP contribution in [0.5, 0.6) is 0 Å². The van der Waals surface area contributed by atoms with Gasteiger partial charge in [-0.25, -0.2) is 15.0 Å². The zero-order valence-electron chi connectivity index (χ0n) is 12.3. The Bertz CT molecular complexity index is 818. The lowest BCUT2D eigenvalue weighted by Gasteiger charge is -2.16. The van der Waals surface area contributed by atoms with Crippen LogP contribution in [0, 0.1) is 0 Å². The highest BCUT2D eigenvalue weighted by atomic mass is 31.2. The molecule has 1 aliphatic rings. The lowest BCUT2D eigenvalue weighted by Crippen LogP contribution is -2.33. The first-order valence-electron chi connectivity index (χ1n) is 6.77. The van der Waals surface area contributed by atoms with Crippen LogP contribution in [0.3, 0.4) is 0 Å². The van der Waals surface area contributed by atoms with Gasteiger partial charge in [0.05, 0.1) is 6.33 Å². The van der Waals surface area contributed by atoms with Crippen molar-refractivity contribution in [2.45, 2.75) is 24.5 Å². The fraction of sp³-hybridized carbons (Fsp3) is 0.500. The summed E-state index contributed by atoms with van der Waals surface area (Å²) in [5.41, 5.74) is 6.28. The second-order valence-corrected chi connectivity index (χ2v) is 6.80. The highest BCUT2D eigenvalue weighted by Gasteiger charge is 2.47. The maximum atomic E-state index is 11.2. The molecule has 1 aliphatic heterocycles. The van der Waals surface area contributed by atoms with Gasteiger partial charge in [-0.1, -0.05) is 0 Å². The molecule has 0 bridgehead atoms. The molecule has 0 aromatic carbocycles. The Balaban J connectivity index is 1.74. The van der Waals surface area contributed by atoms with E-state index in [9.17, 15) is 19.3 Å². The van der Waals surface area contributed by atoms with Crippen molar-refractivity contribution in [2.75, 3.05) is 12.3 Å². The molecule has 2 aromatic rings. The molecule has 0 aliphatic carbocycles. The van der Waals surface area contributed by atoms with E-state index >= 15 is 0 Å². The molecule has 15 heteroatoms. The molecule has 2 aromatic heterocycles. The molecule has 13 nitrogen and oxygen atoms in total. The standard InChI is InChI=1S/C10H12N5O8P2/c11-8-5-9(13-2-12-8)15(3-14-5)10-7(17)6(16)4(22-10)1-21-25(20)23-24(18)19/h2-4,6-7,10,16-17H,1H2,(H2-,11,12,13,18,19)/q+1/p+1/t4-,6-,7-,10-/m1/s1. The number of ether oxygens (including phenoxy) is 1. The summed E-state index contributed by atoms with van der Waals surface area (Å²) < 4.78 is 37.3. The van der Waals surface area contributed by atoms with Gasteiger partial charge in [0, 0.05) is 9.13 Å². The lowest BCUT2D eigenvalue weighted by atomic mass is 10.1. The number of fused-ring (bicyclic) bond motifs is 1. The van der Waals surface area contributed by atoms with E-state index in [1.165, 1.54) is 17.2 Å². The topological polar surface area (TPSA) is 192 Å². The zero-order valence-corrected chi connectivity index (χ0v) is 14.1. The Labute approximate surface area is 141 Å². The van der Waals surface area contributed by atoms with Crippen LogP contribution in [0.2, 0.25) is 0 Å². The van der Waals surface area contributed by atoms with Gasteiger partial charge in [-0.05, 0) is 0 Å². The molecule has 0 saturated carbocycles. The molecule has 134 valence electrons. The number of anilines is 1. The second kappa shape index (κ2) is 7.28. The van der Waals surface area contributed by atoms with Crippen LogP contribution in [0.15, 0.2) is 12.7 Å². The SMILES string of the molecule is Nc1ncnc2c1ncn2[C@@H]1O[C@H](CO[P+](=O)O[P+](=O)O)[C@@H](O)[C@H]1O. The summed E-state index contributed by atoms with van der Waals surface area (Å²) >= 11 is 0.